The van der Waals surface area contributed by atoms with Crippen LogP contribution in [0.5, 0.6) is 0 Å². The normalized spacial score (nSPS) is 31.8. The number of carbonyl (C=O) groups excluding carboxylic acids is 19. The summed E-state index contributed by atoms with van der Waals surface area (Å²) in [4.78, 5) is 231. The SMILES string of the molecule is C.C.C.C.C.C.C.C.C.C.CCC(C)(C)C(=O)OCC(=O)OC1C2CC3C(=O)OC1C3O2.CCC(C)(C)C(=O)OCC(=O)OC1C2CC3C1OC(=O)C3C2C(=O)OC.CCC(C)(C)C(=O)OCC(=O)OC1C2CC3C1OC(=O)C3C2C(=O)OC(C)(C)C.CCC(C)(C)C(=O)OCC(=O)OC1C2OC(=O)C3C2OC1C3C(=O)OC.CCC1(OC(=O)C2C3CC4C(OC(=O)C42)C3OC(=O)COC(=O)C(C)(C)CC)CCCC1. The molecule has 0 N–H and O–H groups in total. The molecule has 0 aromatic carbocycles. The summed E-state index contributed by atoms with van der Waals surface area (Å²) in [7, 11) is 2.48. The van der Waals surface area contributed by atoms with E-state index in [0.717, 1.165) is 32.1 Å². The molecule has 0 aromatic heterocycles. The number of fused-ring (bicyclic) bond motifs is 5. The highest BCUT2D eigenvalue weighted by molar-refractivity contribution is 5.91. The third-order valence-electron chi connectivity index (χ3n) is 30.8. The molecule has 10 bridgehead atoms. The van der Waals surface area contributed by atoms with E-state index in [1.54, 1.807) is 90.0 Å². The number of esters is 19. The molecule has 40 nitrogen and oxygen atoms in total. The van der Waals surface area contributed by atoms with Crippen molar-refractivity contribution in [2.45, 2.75) is 392 Å². The van der Waals surface area contributed by atoms with E-state index in [2.05, 4.69) is 0 Å². The predicted octanol–water partition coefficient (Wildman–Crippen LogP) is 12.8. The van der Waals surface area contributed by atoms with Gasteiger partial charge in [-0.15, -0.1) is 0 Å². The topological polar surface area (TPSA) is 518 Å². The minimum Gasteiger partial charge on any atom is -0.469 e. The third-order valence-corrected chi connectivity index (χ3v) is 30.8. The summed E-state index contributed by atoms with van der Waals surface area (Å²) in [6, 6.07) is 0. The Morgan fingerprint density at radius 3 is 0.903 bits per heavy atom. The van der Waals surface area contributed by atoms with Gasteiger partial charge in [0.15, 0.2) is 57.5 Å². The molecule has 9 heterocycles. The predicted molar refractivity (Wildman–Crippen MR) is 517 cm³/mol. The molecular formula is C105H170O40. The fourth-order valence-corrected chi connectivity index (χ4v) is 21.2. The second-order valence-electron chi connectivity index (χ2n) is 42.0. The first-order valence-electron chi connectivity index (χ1n) is 47.0. The maximum Gasteiger partial charge on any atom is 0.344 e. The molecule has 9 aliphatic heterocycles. The van der Waals surface area contributed by atoms with Crippen LogP contribution in [0.1, 0.15) is 296 Å². The molecule has 0 aromatic rings. The fraction of sp³-hybridized carbons (Fsp3) is 0.819. The molecule has 40 heteroatoms. The van der Waals surface area contributed by atoms with Crippen LogP contribution in [0.15, 0.2) is 0 Å². The number of methoxy groups -OCH3 is 2. The van der Waals surface area contributed by atoms with E-state index < -0.39 is 293 Å². The first-order valence-corrected chi connectivity index (χ1v) is 47.0. The van der Waals surface area contributed by atoms with Crippen LogP contribution in [0.2, 0.25) is 0 Å². The Bertz CT molecular complexity index is 4510. The van der Waals surface area contributed by atoms with E-state index in [0.29, 0.717) is 57.8 Å². The number of rotatable bonds is 31. The Hall–Kier alpha value is -10.1. The summed E-state index contributed by atoms with van der Waals surface area (Å²) in [5, 5.41) is 0. The van der Waals surface area contributed by atoms with Gasteiger partial charge in [0.05, 0.1) is 88.8 Å². The van der Waals surface area contributed by atoms with Crippen molar-refractivity contribution in [2.75, 3.05) is 47.3 Å². The smallest absolute Gasteiger partial charge is 0.344 e. The molecular weight excluding hydrogens is 1900 g/mol. The average Bonchev–Trinajstić information content (AvgIpc) is 1.56. The average molecular weight is 2070 g/mol. The van der Waals surface area contributed by atoms with Crippen LogP contribution in [-0.2, 0) is 191 Å². The quantitative estimate of drug-likeness (QED) is 0.0459. The van der Waals surface area contributed by atoms with Crippen molar-refractivity contribution in [2.24, 2.45) is 116 Å². The zero-order valence-corrected chi connectivity index (χ0v) is 80.5. The second-order valence-corrected chi connectivity index (χ2v) is 42.0. The number of carbonyl (C=O) groups is 19. The zero-order valence-electron chi connectivity index (χ0n) is 80.5. The van der Waals surface area contributed by atoms with Gasteiger partial charge in [-0.1, -0.05) is 116 Å². The van der Waals surface area contributed by atoms with Crippen molar-refractivity contribution in [3.63, 3.8) is 0 Å². The summed E-state index contributed by atoms with van der Waals surface area (Å²) in [5.74, 6) is -16.9. The van der Waals surface area contributed by atoms with Gasteiger partial charge in [-0.3, -0.25) is 67.1 Å². The standard InChI is InChI=1S/C24H34O8.C21H30O8.C18H24O8.C17H22O9.C15H20O7.10CH4/c1-5-23(3,4)22(28)29-12-15(25)30-18-14-11-13-16(20(26)31-19(13)18)17(14)21(27)32-24(6-2)9-7-8-10-24;1-7-21(5,6)19(25)26-9-12(22)27-15-11-8-10-13(17(23)28-16(10)15)14(11)18(24)29-20(2,3)4;1-5-18(2,3)17(22)24-7-10(19)25-13-8-6-9-12(11(8)15(20)23-4)16(21)26-14(9)13;1-5-17(2,3)16(21)23-6-7(18)24-12-10-8(14(19)22-4)9-11(25-10)13(12)26-15(9)20;1-4-15(2,3)14(18)19-6-9(16)21-11-8-5-7-10(20-8)12(11)22-13(7)17;;;;;;;;;;/h13-14,16-19H,5-12H2,1-4H3;10-11,13-16H,7-9H2,1-6H3;8-9,11-14H,5-7H2,1-4H3;8-13H,5-6H2,1-4H3;7-8,10-12H,4-6H2,1-3H3;10*1H4. The van der Waals surface area contributed by atoms with Crippen LogP contribution in [0, 0.1) is 116 Å². The molecule has 29 unspecified atom stereocenters. The van der Waals surface area contributed by atoms with Gasteiger partial charge in [0, 0.05) is 35.5 Å². The number of hydrogen-bond donors (Lipinski definition) is 0. The summed E-state index contributed by atoms with van der Waals surface area (Å²) in [6.45, 7) is 31.4. The fourth-order valence-electron chi connectivity index (χ4n) is 21.2. The molecule has 29 atom stereocenters. The molecule has 16 rings (SSSR count). The van der Waals surface area contributed by atoms with Gasteiger partial charge < -0.3 is 99.5 Å². The van der Waals surface area contributed by atoms with E-state index in [-0.39, 0.29) is 140 Å². The highest BCUT2D eigenvalue weighted by atomic mass is 16.7. The van der Waals surface area contributed by atoms with E-state index in [9.17, 15) is 91.1 Å². The lowest BCUT2D eigenvalue weighted by molar-refractivity contribution is -0.178. The van der Waals surface area contributed by atoms with Gasteiger partial charge in [-0.2, -0.15) is 0 Å². The van der Waals surface area contributed by atoms with E-state index >= 15 is 0 Å². The van der Waals surface area contributed by atoms with E-state index in [1.165, 1.54) is 14.2 Å². The first-order chi connectivity index (χ1) is 63.2. The molecule has 16 aliphatic rings. The van der Waals surface area contributed by atoms with Crippen LogP contribution in [0.3, 0.4) is 0 Å². The molecule has 9 saturated heterocycles. The van der Waals surface area contributed by atoms with Gasteiger partial charge in [0.1, 0.15) is 78.0 Å². The third kappa shape index (κ3) is 26.2. The number of hydrogen-bond acceptors (Lipinski definition) is 40. The van der Waals surface area contributed by atoms with E-state index in [1.807, 2.05) is 41.5 Å². The Kier molecular flexibility index (Phi) is 45.8. The van der Waals surface area contributed by atoms with Gasteiger partial charge in [0.25, 0.3) is 0 Å². The largest absolute Gasteiger partial charge is 0.469 e. The molecule has 830 valence electrons. The van der Waals surface area contributed by atoms with E-state index in [4.69, 9.17) is 99.5 Å². The lowest BCUT2D eigenvalue weighted by atomic mass is 9.78. The molecule has 0 amide bonds. The number of ether oxygens (including phenoxy) is 21. The molecule has 7 aliphatic carbocycles. The zero-order chi connectivity index (χ0) is 99.5. The van der Waals surface area contributed by atoms with Crippen molar-refractivity contribution < 1.29 is 191 Å². The van der Waals surface area contributed by atoms with Gasteiger partial charge in [-0.25, -0.2) is 24.0 Å². The highest BCUT2D eigenvalue weighted by Crippen LogP contribution is 2.63. The summed E-state index contributed by atoms with van der Waals surface area (Å²) in [6.07, 6.45) is 0.923. The van der Waals surface area contributed by atoms with Crippen LogP contribution >= 0.6 is 0 Å². The minimum absolute atomic E-state index is 0. The monoisotopic (exact) mass is 2070 g/mol. The van der Waals surface area contributed by atoms with Crippen molar-refractivity contribution in [3.05, 3.63) is 0 Å². The van der Waals surface area contributed by atoms with Crippen molar-refractivity contribution in [1.82, 2.24) is 0 Å². The van der Waals surface area contributed by atoms with Crippen molar-refractivity contribution in [1.29, 1.82) is 0 Å². The Labute approximate surface area is 855 Å². The molecule has 0 spiro atoms. The highest BCUT2D eigenvalue weighted by Gasteiger charge is 2.76. The lowest BCUT2D eigenvalue weighted by Crippen LogP contribution is -2.48. The van der Waals surface area contributed by atoms with Crippen LogP contribution in [-0.4, -0.2) is 257 Å². The first kappa shape index (κ1) is 131. The summed E-state index contributed by atoms with van der Waals surface area (Å²) in [5.41, 5.74) is -4.55. The second kappa shape index (κ2) is 50.7. The minimum atomic E-state index is -0.933. The van der Waals surface area contributed by atoms with Crippen LogP contribution in [0.25, 0.3) is 0 Å². The summed E-state index contributed by atoms with van der Waals surface area (Å²) < 4.78 is 111. The Balaban J connectivity index is 0.000000605. The summed E-state index contributed by atoms with van der Waals surface area (Å²) >= 11 is 0. The molecule has 145 heavy (non-hydrogen) atoms. The van der Waals surface area contributed by atoms with Crippen LogP contribution < -0.4 is 0 Å². The maximum absolute atomic E-state index is 13.2. The van der Waals surface area contributed by atoms with Gasteiger partial charge in [-0.05, 0) is 180 Å². The van der Waals surface area contributed by atoms with Gasteiger partial charge in [0.2, 0.25) is 0 Å². The van der Waals surface area contributed by atoms with Crippen molar-refractivity contribution in [3.8, 4) is 0 Å². The van der Waals surface area contributed by atoms with Crippen LogP contribution in [0.4, 0.5) is 0 Å². The molecule has 7 saturated carbocycles. The van der Waals surface area contributed by atoms with Gasteiger partial charge >= 0.3 is 113 Å². The molecule has 16 fully saturated rings. The van der Waals surface area contributed by atoms with Crippen molar-refractivity contribution >= 4 is 113 Å². The molecule has 0 radical (unpaired) electrons. The lowest BCUT2D eigenvalue weighted by Gasteiger charge is -2.34. The Morgan fingerprint density at radius 1 is 0.303 bits per heavy atom. The maximum atomic E-state index is 13.2. The Morgan fingerprint density at radius 2 is 0.586 bits per heavy atom.